The van der Waals surface area contributed by atoms with Crippen molar-refractivity contribution < 1.29 is 19.1 Å². The van der Waals surface area contributed by atoms with Gasteiger partial charge in [0, 0.05) is 11.5 Å². The molecule has 0 spiro atoms. The van der Waals surface area contributed by atoms with Crippen molar-refractivity contribution in [3.63, 3.8) is 0 Å². The topological polar surface area (TPSA) is 52.6 Å². The molecule has 0 saturated carbocycles. The zero-order valence-electron chi connectivity index (χ0n) is 11.9. The number of methoxy groups -OCH3 is 1. The highest BCUT2D eigenvalue weighted by molar-refractivity contribution is 5.94. The van der Waals surface area contributed by atoms with E-state index >= 15 is 0 Å². The van der Waals surface area contributed by atoms with E-state index in [9.17, 15) is 9.59 Å². The van der Waals surface area contributed by atoms with Crippen LogP contribution in [0.15, 0.2) is 18.2 Å². The average molecular weight is 264 g/mol. The first-order chi connectivity index (χ1) is 8.99. The fourth-order valence-corrected chi connectivity index (χ4v) is 1.52. The van der Waals surface area contributed by atoms with E-state index in [1.165, 1.54) is 14.0 Å². The molecule has 0 amide bonds. The predicted octanol–water partition coefficient (Wildman–Crippen LogP) is 2.89. The molecule has 4 nitrogen and oxygen atoms in total. The molecular weight excluding hydrogens is 244 g/mol. The van der Waals surface area contributed by atoms with Gasteiger partial charge in [0.25, 0.3) is 0 Å². The SMILES string of the molecule is CCC(C)C(=O)COc1ccc(C(C)=O)cc1OC. The lowest BCUT2D eigenvalue weighted by Gasteiger charge is -2.12. The van der Waals surface area contributed by atoms with E-state index in [0.717, 1.165) is 6.42 Å². The van der Waals surface area contributed by atoms with Gasteiger partial charge in [-0.05, 0) is 31.5 Å². The summed E-state index contributed by atoms with van der Waals surface area (Å²) < 4.78 is 10.6. The maximum Gasteiger partial charge on any atom is 0.172 e. The van der Waals surface area contributed by atoms with Crippen molar-refractivity contribution in [2.45, 2.75) is 27.2 Å². The molecule has 0 bridgehead atoms. The van der Waals surface area contributed by atoms with Gasteiger partial charge in [-0.25, -0.2) is 0 Å². The smallest absolute Gasteiger partial charge is 0.172 e. The quantitative estimate of drug-likeness (QED) is 0.710. The molecule has 0 aromatic heterocycles. The summed E-state index contributed by atoms with van der Waals surface area (Å²) in [5, 5.41) is 0. The van der Waals surface area contributed by atoms with Gasteiger partial charge >= 0.3 is 0 Å². The number of hydrogen-bond acceptors (Lipinski definition) is 4. The third-order valence-corrected chi connectivity index (χ3v) is 3.10. The van der Waals surface area contributed by atoms with Crippen molar-refractivity contribution in [1.82, 2.24) is 0 Å². The Morgan fingerprint density at radius 1 is 1.26 bits per heavy atom. The van der Waals surface area contributed by atoms with E-state index in [-0.39, 0.29) is 24.1 Å². The summed E-state index contributed by atoms with van der Waals surface area (Å²) in [7, 11) is 1.50. The zero-order chi connectivity index (χ0) is 14.4. The fraction of sp³-hybridized carbons (Fsp3) is 0.467. The van der Waals surface area contributed by atoms with E-state index in [4.69, 9.17) is 9.47 Å². The van der Waals surface area contributed by atoms with Crippen LogP contribution in [-0.2, 0) is 4.79 Å². The largest absolute Gasteiger partial charge is 0.493 e. The summed E-state index contributed by atoms with van der Waals surface area (Å²) in [6, 6.07) is 4.93. The lowest BCUT2D eigenvalue weighted by Crippen LogP contribution is -2.18. The summed E-state index contributed by atoms with van der Waals surface area (Å²) in [6.45, 7) is 5.35. The molecule has 0 N–H and O–H groups in total. The van der Waals surface area contributed by atoms with Gasteiger partial charge in [0.2, 0.25) is 0 Å². The summed E-state index contributed by atoms with van der Waals surface area (Å²) in [5.41, 5.74) is 0.553. The summed E-state index contributed by atoms with van der Waals surface area (Å²) in [5.74, 6) is 0.942. The molecule has 1 atom stereocenters. The standard InChI is InChI=1S/C15H20O4/c1-5-10(2)13(17)9-19-14-7-6-12(11(3)16)8-15(14)18-4/h6-8,10H,5,9H2,1-4H3. The molecule has 19 heavy (non-hydrogen) atoms. The number of carbonyl (C=O) groups is 2. The van der Waals surface area contributed by atoms with Crippen LogP contribution in [0.4, 0.5) is 0 Å². The second-order valence-electron chi connectivity index (χ2n) is 4.49. The fourth-order valence-electron chi connectivity index (χ4n) is 1.52. The molecule has 0 saturated heterocycles. The van der Waals surface area contributed by atoms with Crippen LogP contribution >= 0.6 is 0 Å². The predicted molar refractivity (Wildman–Crippen MR) is 73.0 cm³/mol. The van der Waals surface area contributed by atoms with Gasteiger partial charge in [-0.15, -0.1) is 0 Å². The maximum atomic E-state index is 11.7. The molecule has 0 aliphatic rings. The molecule has 1 aromatic rings. The van der Waals surface area contributed by atoms with E-state index in [1.54, 1.807) is 18.2 Å². The van der Waals surface area contributed by atoms with Crippen LogP contribution in [-0.4, -0.2) is 25.3 Å². The van der Waals surface area contributed by atoms with Crippen molar-refractivity contribution in [1.29, 1.82) is 0 Å². The van der Waals surface area contributed by atoms with Gasteiger partial charge in [0.05, 0.1) is 7.11 Å². The van der Waals surface area contributed by atoms with Crippen molar-refractivity contribution in [2.24, 2.45) is 5.92 Å². The van der Waals surface area contributed by atoms with E-state index in [2.05, 4.69) is 0 Å². The molecule has 1 aromatic carbocycles. The second-order valence-corrected chi connectivity index (χ2v) is 4.49. The molecule has 0 aliphatic carbocycles. The second kappa shape index (κ2) is 6.92. The Morgan fingerprint density at radius 3 is 2.47 bits per heavy atom. The number of hydrogen-bond donors (Lipinski definition) is 0. The summed E-state index contributed by atoms with van der Waals surface area (Å²) >= 11 is 0. The average Bonchev–Trinajstić information content (AvgIpc) is 2.43. The Bertz CT molecular complexity index is 465. The Labute approximate surface area is 113 Å². The molecule has 0 radical (unpaired) electrons. The van der Waals surface area contributed by atoms with Crippen LogP contribution in [0.3, 0.4) is 0 Å². The molecule has 104 valence electrons. The normalized spacial score (nSPS) is 11.8. The maximum absolute atomic E-state index is 11.7. The first-order valence-corrected chi connectivity index (χ1v) is 6.34. The molecule has 1 unspecified atom stereocenters. The zero-order valence-corrected chi connectivity index (χ0v) is 11.9. The first kappa shape index (κ1) is 15.2. The number of carbonyl (C=O) groups excluding carboxylic acids is 2. The van der Waals surface area contributed by atoms with Gasteiger partial charge in [-0.3, -0.25) is 9.59 Å². The highest BCUT2D eigenvalue weighted by Crippen LogP contribution is 2.28. The Balaban J connectivity index is 2.78. The molecule has 0 aliphatic heterocycles. The van der Waals surface area contributed by atoms with Gasteiger partial charge < -0.3 is 9.47 Å². The van der Waals surface area contributed by atoms with Crippen LogP contribution in [0.25, 0.3) is 0 Å². The van der Waals surface area contributed by atoms with Crippen molar-refractivity contribution in [2.75, 3.05) is 13.7 Å². The van der Waals surface area contributed by atoms with E-state index in [0.29, 0.717) is 17.1 Å². The van der Waals surface area contributed by atoms with Crippen LogP contribution < -0.4 is 9.47 Å². The molecule has 4 heteroatoms. The lowest BCUT2D eigenvalue weighted by molar-refractivity contribution is -0.124. The number of rotatable bonds is 7. The van der Waals surface area contributed by atoms with Crippen molar-refractivity contribution >= 4 is 11.6 Å². The van der Waals surface area contributed by atoms with Gasteiger partial charge in [-0.2, -0.15) is 0 Å². The van der Waals surface area contributed by atoms with Crippen LogP contribution in [0.5, 0.6) is 11.5 Å². The monoisotopic (exact) mass is 264 g/mol. The van der Waals surface area contributed by atoms with Gasteiger partial charge in [0.1, 0.15) is 6.61 Å². The minimum Gasteiger partial charge on any atom is -0.493 e. The van der Waals surface area contributed by atoms with Crippen LogP contribution in [0.2, 0.25) is 0 Å². The Hall–Kier alpha value is -1.84. The summed E-state index contributed by atoms with van der Waals surface area (Å²) in [4.78, 5) is 23.0. The number of benzene rings is 1. The molecule has 1 rings (SSSR count). The van der Waals surface area contributed by atoms with E-state index in [1.807, 2.05) is 13.8 Å². The lowest BCUT2D eigenvalue weighted by atomic mass is 10.0. The van der Waals surface area contributed by atoms with Gasteiger partial charge in [0.15, 0.2) is 23.1 Å². The Kier molecular flexibility index (Phi) is 5.55. The Morgan fingerprint density at radius 2 is 1.95 bits per heavy atom. The minimum absolute atomic E-state index is 0.0116. The van der Waals surface area contributed by atoms with Crippen LogP contribution in [0.1, 0.15) is 37.6 Å². The van der Waals surface area contributed by atoms with Crippen LogP contribution in [0, 0.1) is 5.92 Å². The highest BCUT2D eigenvalue weighted by Gasteiger charge is 2.13. The third-order valence-electron chi connectivity index (χ3n) is 3.10. The molecule has 0 heterocycles. The molecular formula is C15H20O4. The minimum atomic E-state index is -0.0412. The highest BCUT2D eigenvalue weighted by atomic mass is 16.5. The number of ketones is 2. The number of Topliss-reactive ketones (excluding diaryl/α,β-unsaturated/α-hetero) is 2. The van der Waals surface area contributed by atoms with E-state index < -0.39 is 0 Å². The number of ether oxygens (including phenoxy) is 2. The third kappa shape index (κ3) is 4.09. The van der Waals surface area contributed by atoms with Crippen molar-refractivity contribution in [3.8, 4) is 11.5 Å². The molecule has 0 fully saturated rings. The van der Waals surface area contributed by atoms with Gasteiger partial charge in [-0.1, -0.05) is 13.8 Å². The summed E-state index contributed by atoms with van der Waals surface area (Å²) in [6.07, 6.45) is 0.794. The van der Waals surface area contributed by atoms with Crippen molar-refractivity contribution in [3.05, 3.63) is 23.8 Å². The first-order valence-electron chi connectivity index (χ1n) is 6.34.